The molecule has 2 rings (SSSR count). The van der Waals surface area contributed by atoms with E-state index in [0.717, 1.165) is 5.56 Å². The minimum absolute atomic E-state index is 0.141. The molecule has 1 N–H and O–H groups in total. The van der Waals surface area contributed by atoms with Crippen molar-refractivity contribution in [1.82, 2.24) is 5.32 Å². The van der Waals surface area contributed by atoms with E-state index < -0.39 is 5.97 Å². The average Bonchev–Trinajstić information content (AvgIpc) is 2.61. The SMILES string of the molecule is CC(C)C(=O)OOc1ccc(CCNC(=O)c2ccc(Cl)cc2)cc1. The first kappa shape index (κ1) is 18.8. The number of carbonyl (C=O) groups excluding carboxylic acids is 2. The van der Waals surface area contributed by atoms with Crippen molar-refractivity contribution in [3.05, 3.63) is 64.7 Å². The van der Waals surface area contributed by atoms with Crippen LogP contribution in [-0.2, 0) is 16.1 Å². The number of rotatable bonds is 7. The summed E-state index contributed by atoms with van der Waals surface area (Å²) in [6.45, 7) is 3.96. The predicted molar refractivity (Wildman–Crippen MR) is 95.5 cm³/mol. The van der Waals surface area contributed by atoms with Crippen molar-refractivity contribution in [2.45, 2.75) is 20.3 Å². The van der Waals surface area contributed by atoms with E-state index in [0.29, 0.717) is 29.3 Å². The molecule has 0 fully saturated rings. The highest BCUT2D eigenvalue weighted by Crippen LogP contribution is 2.14. The smallest absolute Gasteiger partial charge is 0.352 e. The Morgan fingerprint density at radius 3 is 2.28 bits per heavy atom. The molecule has 0 heterocycles. The lowest BCUT2D eigenvalue weighted by molar-refractivity contribution is -0.217. The van der Waals surface area contributed by atoms with Gasteiger partial charge in [-0.1, -0.05) is 37.6 Å². The Balaban J connectivity index is 1.76. The Morgan fingerprint density at radius 1 is 1.04 bits per heavy atom. The molecule has 1 amide bonds. The summed E-state index contributed by atoms with van der Waals surface area (Å²) in [5, 5.41) is 3.45. The van der Waals surface area contributed by atoms with Gasteiger partial charge in [-0.2, -0.15) is 0 Å². The highest BCUT2D eigenvalue weighted by Gasteiger charge is 2.10. The number of hydrogen-bond acceptors (Lipinski definition) is 4. The van der Waals surface area contributed by atoms with Crippen LogP contribution in [0.5, 0.6) is 5.75 Å². The number of hydrogen-bond donors (Lipinski definition) is 1. The fraction of sp³-hybridized carbons (Fsp3) is 0.263. The van der Waals surface area contributed by atoms with E-state index in [1.165, 1.54) is 0 Å². The zero-order chi connectivity index (χ0) is 18.2. The third-order valence-corrected chi connectivity index (χ3v) is 3.67. The van der Waals surface area contributed by atoms with E-state index in [4.69, 9.17) is 21.4 Å². The molecule has 2 aromatic carbocycles. The molecular weight excluding hydrogens is 342 g/mol. The normalized spacial score (nSPS) is 10.4. The predicted octanol–water partition coefficient (Wildman–Crippen LogP) is 3.81. The maximum atomic E-state index is 12.0. The molecule has 0 spiro atoms. The third kappa shape index (κ3) is 6.12. The summed E-state index contributed by atoms with van der Waals surface area (Å²) in [5.41, 5.74) is 1.60. The summed E-state index contributed by atoms with van der Waals surface area (Å²) in [6.07, 6.45) is 0.672. The number of halogens is 1. The van der Waals surface area contributed by atoms with Gasteiger partial charge in [0.15, 0.2) is 5.75 Å². The summed E-state index contributed by atoms with van der Waals surface area (Å²) in [6, 6.07) is 13.9. The zero-order valence-corrected chi connectivity index (χ0v) is 14.9. The van der Waals surface area contributed by atoms with Crippen LogP contribution in [0, 0.1) is 5.92 Å². The van der Waals surface area contributed by atoms with Crippen LogP contribution in [0.25, 0.3) is 0 Å². The Morgan fingerprint density at radius 2 is 1.68 bits per heavy atom. The van der Waals surface area contributed by atoms with Gasteiger partial charge in [-0.25, -0.2) is 4.79 Å². The maximum Gasteiger partial charge on any atom is 0.357 e. The van der Waals surface area contributed by atoms with Gasteiger partial charge in [0, 0.05) is 17.1 Å². The van der Waals surface area contributed by atoms with Gasteiger partial charge >= 0.3 is 5.97 Å². The van der Waals surface area contributed by atoms with E-state index in [1.807, 2.05) is 12.1 Å². The van der Waals surface area contributed by atoms with Gasteiger partial charge in [0.25, 0.3) is 5.91 Å². The Bertz CT molecular complexity index is 711. The molecule has 132 valence electrons. The monoisotopic (exact) mass is 361 g/mol. The molecule has 0 aliphatic heterocycles. The van der Waals surface area contributed by atoms with Gasteiger partial charge < -0.3 is 5.32 Å². The first-order valence-electron chi connectivity index (χ1n) is 7.97. The van der Waals surface area contributed by atoms with Crippen molar-refractivity contribution in [1.29, 1.82) is 0 Å². The second-order valence-corrected chi connectivity index (χ2v) is 6.23. The maximum absolute atomic E-state index is 12.0. The standard InChI is InChI=1S/C19H20ClNO4/c1-13(2)19(23)25-24-17-9-3-14(4-10-17)11-12-21-18(22)15-5-7-16(20)8-6-15/h3-10,13H,11-12H2,1-2H3,(H,21,22). The van der Waals surface area contributed by atoms with E-state index in [-0.39, 0.29) is 11.8 Å². The Kier molecular flexibility index (Phi) is 6.83. The van der Waals surface area contributed by atoms with Crippen LogP contribution in [-0.4, -0.2) is 18.4 Å². The van der Waals surface area contributed by atoms with Crippen LogP contribution < -0.4 is 10.2 Å². The van der Waals surface area contributed by atoms with Gasteiger partial charge in [0.05, 0.1) is 5.92 Å². The summed E-state index contributed by atoms with van der Waals surface area (Å²) in [5.74, 6) is -0.363. The van der Waals surface area contributed by atoms with Crippen LogP contribution in [0.1, 0.15) is 29.8 Å². The molecule has 0 aliphatic rings. The zero-order valence-electron chi connectivity index (χ0n) is 14.1. The van der Waals surface area contributed by atoms with Crippen molar-refractivity contribution in [3.8, 4) is 5.75 Å². The Labute approximate surface area is 151 Å². The molecule has 5 nitrogen and oxygen atoms in total. The molecular formula is C19H20ClNO4. The third-order valence-electron chi connectivity index (χ3n) is 3.42. The molecule has 0 radical (unpaired) electrons. The van der Waals surface area contributed by atoms with E-state index >= 15 is 0 Å². The van der Waals surface area contributed by atoms with Crippen molar-refractivity contribution >= 4 is 23.5 Å². The quantitative estimate of drug-likeness (QED) is 0.601. The summed E-state index contributed by atoms with van der Waals surface area (Å²) >= 11 is 5.80. The number of carbonyl (C=O) groups is 2. The van der Waals surface area contributed by atoms with Crippen LogP contribution in [0.4, 0.5) is 0 Å². The molecule has 0 atom stereocenters. The van der Waals surface area contributed by atoms with Gasteiger partial charge in [-0.3, -0.25) is 14.6 Å². The number of amides is 1. The van der Waals surface area contributed by atoms with Crippen LogP contribution in [0.15, 0.2) is 48.5 Å². The van der Waals surface area contributed by atoms with Crippen LogP contribution in [0.3, 0.4) is 0 Å². The molecule has 0 aromatic heterocycles. The fourth-order valence-electron chi connectivity index (χ4n) is 1.92. The summed E-state index contributed by atoms with van der Waals surface area (Å²) in [7, 11) is 0. The van der Waals surface area contributed by atoms with E-state index in [2.05, 4.69) is 5.32 Å². The second kappa shape index (κ2) is 9.08. The molecule has 2 aromatic rings. The first-order valence-corrected chi connectivity index (χ1v) is 8.34. The van der Waals surface area contributed by atoms with Crippen molar-refractivity contribution in [2.75, 3.05) is 6.54 Å². The lowest BCUT2D eigenvalue weighted by Gasteiger charge is -2.08. The van der Waals surface area contributed by atoms with Gasteiger partial charge in [0.1, 0.15) is 0 Å². The minimum atomic E-state index is -0.422. The van der Waals surface area contributed by atoms with Crippen molar-refractivity contribution < 1.29 is 19.4 Å². The molecule has 25 heavy (non-hydrogen) atoms. The van der Waals surface area contributed by atoms with Crippen molar-refractivity contribution in [2.24, 2.45) is 5.92 Å². The fourth-order valence-corrected chi connectivity index (χ4v) is 2.05. The second-order valence-electron chi connectivity index (χ2n) is 5.80. The van der Waals surface area contributed by atoms with Gasteiger partial charge in [-0.15, -0.1) is 0 Å². The lowest BCUT2D eigenvalue weighted by Crippen LogP contribution is -2.25. The topological polar surface area (TPSA) is 64.6 Å². The number of nitrogens with one attached hydrogen (secondary N) is 1. The largest absolute Gasteiger partial charge is 0.357 e. The van der Waals surface area contributed by atoms with Crippen LogP contribution >= 0.6 is 11.6 Å². The average molecular weight is 362 g/mol. The van der Waals surface area contributed by atoms with E-state index in [9.17, 15) is 9.59 Å². The Hall–Kier alpha value is -2.53. The lowest BCUT2D eigenvalue weighted by atomic mass is 10.1. The van der Waals surface area contributed by atoms with Crippen LogP contribution in [0.2, 0.25) is 5.02 Å². The first-order chi connectivity index (χ1) is 12.0. The molecule has 6 heteroatoms. The minimum Gasteiger partial charge on any atom is -0.352 e. The summed E-state index contributed by atoms with van der Waals surface area (Å²) < 4.78 is 0. The van der Waals surface area contributed by atoms with Crippen molar-refractivity contribution in [3.63, 3.8) is 0 Å². The molecule has 0 unspecified atom stereocenters. The van der Waals surface area contributed by atoms with Gasteiger partial charge in [0.2, 0.25) is 0 Å². The number of benzene rings is 2. The van der Waals surface area contributed by atoms with E-state index in [1.54, 1.807) is 50.2 Å². The van der Waals surface area contributed by atoms with Gasteiger partial charge in [-0.05, 0) is 48.4 Å². The highest BCUT2D eigenvalue weighted by molar-refractivity contribution is 6.30. The summed E-state index contributed by atoms with van der Waals surface area (Å²) in [4.78, 5) is 33.0. The molecule has 0 saturated carbocycles. The molecule has 0 aliphatic carbocycles. The molecule has 0 saturated heterocycles. The highest BCUT2D eigenvalue weighted by atomic mass is 35.5. The molecule has 0 bridgehead atoms.